The Labute approximate surface area is 248 Å². The Morgan fingerprint density at radius 1 is 0.667 bits per heavy atom. The molecule has 2 aromatic heterocycles. The predicted octanol–water partition coefficient (Wildman–Crippen LogP) is 9.17. The van der Waals surface area contributed by atoms with Crippen LogP contribution in [0.15, 0.2) is 159 Å². The Hall–Kier alpha value is -5.20. The Balaban J connectivity index is 1.13. The first-order valence-corrected chi connectivity index (χ1v) is 14.6. The third kappa shape index (κ3) is 5.53. The zero-order chi connectivity index (χ0) is 28.1. The minimum atomic E-state index is 0.656. The van der Waals surface area contributed by atoms with Crippen LogP contribution in [-0.4, -0.2) is 21.0 Å². The molecule has 0 unspecified atom stereocenters. The standard InChI is InChI=1S/C36H26N4OS/c1-3-10-26(11-4-1)27-18-20-30(21-19-27)37-25-32-22-23-35(41-32)42-36-39-38-34(40(36)31-15-5-2-6-16-31)24-29-14-9-13-28-12-7-8-17-33(28)29/h1-23,25H,24H2. The van der Waals surface area contributed by atoms with E-state index < -0.39 is 0 Å². The highest BCUT2D eigenvalue weighted by molar-refractivity contribution is 7.99. The van der Waals surface area contributed by atoms with E-state index in [-0.39, 0.29) is 0 Å². The van der Waals surface area contributed by atoms with Gasteiger partial charge in [0.2, 0.25) is 5.16 Å². The molecule has 0 saturated heterocycles. The summed E-state index contributed by atoms with van der Waals surface area (Å²) in [5, 5.41) is 13.1. The highest BCUT2D eigenvalue weighted by Gasteiger charge is 2.18. The van der Waals surface area contributed by atoms with Crippen LogP contribution in [0, 0.1) is 0 Å². The van der Waals surface area contributed by atoms with Crippen LogP contribution in [-0.2, 0) is 6.42 Å². The Morgan fingerprint density at radius 3 is 2.21 bits per heavy atom. The molecule has 7 aromatic rings. The Morgan fingerprint density at radius 2 is 1.38 bits per heavy atom. The third-order valence-electron chi connectivity index (χ3n) is 7.05. The maximum absolute atomic E-state index is 6.11. The van der Waals surface area contributed by atoms with Gasteiger partial charge in [0.15, 0.2) is 5.09 Å². The molecule has 202 valence electrons. The molecule has 5 aromatic carbocycles. The monoisotopic (exact) mass is 562 g/mol. The number of aliphatic imine (C=N–C) groups is 1. The molecule has 0 saturated carbocycles. The highest BCUT2D eigenvalue weighted by Crippen LogP contribution is 2.32. The summed E-state index contributed by atoms with van der Waals surface area (Å²) in [5.74, 6) is 1.54. The summed E-state index contributed by atoms with van der Waals surface area (Å²) in [5.41, 5.74) is 5.43. The maximum atomic E-state index is 6.11. The van der Waals surface area contributed by atoms with Gasteiger partial charge in [0.25, 0.3) is 0 Å². The first kappa shape index (κ1) is 25.7. The van der Waals surface area contributed by atoms with E-state index in [0.717, 1.165) is 33.0 Å². The van der Waals surface area contributed by atoms with Gasteiger partial charge in [-0.15, -0.1) is 10.2 Å². The van der Waals surface area contributed by atoms with Gasteiger partial charge in [-0.1, -0.05) is 103 Å². The lowest BCUT2D eigenvalue weighted by Crippen LogP contribution is -2.04. The van der Waals surface area contributed by atoms with E-state index in [1.807, 2.05) is 60.7 Å². The van der Waals surface area contributed by atoms with Crippen molar-refractivity contribution >= 4 is 34.4 Å². The van der Waals surface area contributed by atoms with Crippen molar-refractivity contribution in [2.75, 3.05) is 0 Å². The van der Waals surface area contributed by atoms with Gasteiger partial charge in [-0.3, -0.25) is 9.56 Å². The molecule has 7 rings (SSSR count). The first-order valence-electron chi connectivity index (χ1n) is 13.7. The molecule has 0 fully saturated rings. The lowest BCUT2D eigenvalue weighted by molar-refractivity contribution is 0.468. The molecule has 42 heavy (non-hydrogen) atoms. The molecule has 0 atom stereocenters. The zero-order valence-electron chi connectivity index (χ0n) is 22.7. The van der Waals surface area contributed by atoms with Gasteiger partial charge in [-0.05, 0) is 75.6 Å². The van der Waals surface area contributed by atoms with Gasteiger partial charge in [-0.25, -0.2) is 0 Å². The molecule has 0 aliphatic heterocycles. The summed E-state index contributed by atoms with van der Waals surface area (Å²) in [6.07, 6.45) is 2.40. The van der Waals surface area contributed by atoms with Crippen molar-refractivity contribution in [1.29, 1.82) is 0 Å². The maximum Gasteiger partial charge on any atom is 0.203 e. The summed E-state index contributed by atoms with van der Waals surface area (Å²) in [6, 6.07) is 47.4. The van der Waals surface area contributed by atoms with E-state index in [0.29, 0.717) is 12.2 Å². The average Bonchev–Trinajstić information content (AvgIpc) is 3.68. The van der Waals surface area contributed by atoms with Crippen LogP contribution in [0.4, 0.5) is 5.69 Å². The molecule has 0 amide bonds. The first-order chi connectivity index (χ1) is 20.8. The van der Waals surface area contributed by atoms with Gasteiger partial charge in [0.1, 0.15) is 11.6 Å². The molecule has 0 aliphatic rings. The number of hydrogen-bond acceptors (Lipinski definition) is 5. The number of hydrogen-bond donors (Lipinski definition) is 0. The molecular weight excluding hydrogens is 536 g/mol. The second kappa shape index (κ2) is 11.7. The lowest BCUT2D eigenvalue weighted by Gasteiger charge is -2.11. The molecule has 0 bridgehead atoms. The number of aromatic nitrogens is 3. The molecule has 6 heteroatoms. The van der Waals surface area contributed by atoms with Gasteiger partial charge >= 0.3 is 0 Å². The second-order valence-electron chi connectivity index (χ2n) is 9.81. The smallest absolute Gasteiger partial charge is 0.203 e. The molecule has 2 heterocycles. The number of furan rings is 1. The van der Waals surface area contributed by atoms with Crippen LogP contribution < -0.4 is 0 Å². The summed E-state index contributed by atoms with van der Waals surface area (Å²) in [7, 11) is 0. The molecule has 0 spiro atoms. The van der Waals surface area contributed by atoms with Crippen LogP contribution in [0.25, 0.3) is 27.6 Å². The molecule has 0 N–H and O–H groups in total. The number of benzene rings is 5. The van der Waals surface area contributed by atoms with Crippen LogP contribution in [0.3, 0.4) is 0 Å². The van der Waals surface area contributed by atoms with Gasteiger partial charge in [0.05, 0.1) is 11.9 Å². The number of nitrogens with zero attached hydrogens (tertiary/aromatic N) is 4. The third-order valence-corrected chi connectivity index (χ3v) is 7.92. The van der Waals surface area contributed by atoms with Gasteiger partial charge in [-0.2, -0.15) is 0 Å². The fourth-order valence-corrected chi connectivity index (χ4v) is 5.83. The lowest BCUT2D eigenvalue weighted by atomic mass is 10.0. The zero-order valence-corrected chi connectivity index (χ0v) is 23.5. The number of rotatable bonds is 8. The summed E-state index contributed by atoms with van der Waals surface area (Å²) < 4.78 is 8.22. The second-order valence-corrected chi connectivity index (χ2v) is 10.8. The molecule has 0 radical (unpaired) electrons. The van der Waals surface area contributed by atoms with Crippen LogP contribution in [0.2, 0.25) is 0 Å². The van der Waals surface area contributed by atoms with Crippen molar-refractivity contribution < 1.29 is 4.42 Å². The van der Waals surface area contributed by atoms with E-state index >= 15 is 0 Å². The van der Waals surface area contributed by atoms with Crippen LogP contribution in [0.1, 0.15) is 17.1 Å². The van der Waals surface area contributed by atoms with Crippen molar-refractivity contribution in [3.63, 3.8) is 0 Å². The minimum absolute atomic E-state index is 0.656. The van der Waals surface area contributed by atoms with E-state index in [1.165, 1.54) is 33.7 Å². The minimum Gasteiger partial charge on any atom is -0.448 e. The topological polar surface area (TPSA) is 56.2 Å². The van der Waals surface area contributed by atoms with Crippen molar-refractivity contribution in [3.8, 4) is 16.8 Å². The SMILES string of the molecule is C(=Nc1ccc(-c2ccccc2)cc1)c1ccc(Sc2nnc(Cc3cccc4ccccc34)n2-c2ccccc2)o1. The Bertz CT molecular complexity index is 1970. The average molecular weight is 563 g/mol. The Kier molecular flexibility index (Phi) is 7.19. The van der Waals surface area contributed by atoms with E-state index in [1.54, 1.807) is 6.21 Å². The van der Waals surface area contributed by atoms with Gasteiger partial charge < -0.3 is 4.42 Å². The molecule has 5 nitrogen and oxygen atoms in total. The van der Waals surface area contributed by atoms with Crippen LogP contribution in [0.5, 0.6) is 0 Å². The molecular formula is C36H26N4OS. The quantitative estimate of drug-likeness (QED) is 0.173. The summed E-state index contributed by atoms with van der Waals surface area (Å²) in [4.78, 5) is 4.61. The fraction of sp³-hybridized carbons (Fsp3) is 0.0278. The van der Waals surface area contributed by atoms with Crippen molar-refractivity contribution in [1.82, 2.24) is 14.8 Å². The van der Waals surface area contributed by atoms with Crippen molar-refractivity contribution in [2.45, 2.75) is 16.7 Å². The normalized spacial score (nSPS) is 11.4. The summed E-state index contributed by atoms with van der Waals surface area (Å²) >= 11 is 1.45. The summed E-state index contributed by atoms with van der Waals surface area (Å²) in [6.45, 7) is 0. The predicted molar refractivity (Wildman–Crippen MR) is 170 cm³/mol. The van der Waals surface area contributed by atoms with Crippen molar-refractivity contribution in [3.05, 3.63) is 157 Å². The number of fused-ring (bicyclic) bond motifs is 1. The highest BCUT2D eigenvalue weighted by atomic mass is 32.2. The van der Waals surface area contributed by atoms with E-state index in [4.69, 9.17) is 4.42 Å². The fourth-order valence-electron chi connectivity index (χ4n) is 4.99. The van der Waals surface area contributed by atoms with Crippen molar-refractivity contribution in [2.24, 2.45) is 4.99 Å². The van der Waals surface area contributed by atoms with Gasteiger partial charge in [0, 0.05) is 12.1 Å². The molecule has 0 aliphatic carbocycles. The van der Waals surface area contributed by atoms with E-state index in [9.17, 15) is 0 Å². The largest absolute Gasteiger partial charge is 0.448 e. The van der Waals surface area contributed by atoms with Crippen LogP contribution >= 0.6 is 11.8 Å². The van der Waals surface area contributed by atoms with E-state index in [2.05, 4.69) is 98.6 Å². The number of para-hydroxylation sites is 1.